The number of rotatable bonds is 3. The predicted octanol–water partition coefficient (Wildman–Crippen LogP) is 2.66. The molecule has 0 radical (unpaired) electrons. The molecule has 1 aliphatic rings. The molecule has 0 spiro atoms. The predicted molar refractivity (Wildman–Crippen MR) is 85.3 cm³/mol. The molecular weight excluding hydrogens is 392 g/mol. The minimum Gasteiger partial charge on any atom is -0.353 e. The van der Waals surface area contributed by atoms with Crippen LogP contribution in [0.25, 0.3) is 0 Å². The number of piperazine rings is 1. The van der Waals surface area contributed by atoms with Gasteiger partial charge in [0.05, 0.1) is 5.56 Å². The second-order valence-electron chi connectivity index (χ2n) is 6.17. The SMILES string of the molecule is O=C(Cn1ccc(C(F)(F)F)n1)N1CCN(c2ccc(C(F)(F)F)cn2)CC1. The van der Waals surface area contributed by atoms with Crippen LogP contribution >= 0.6 is 0 Å². The van der Waals surface area contributed by atoms with E-state index in [1.165, 1.54) is 11.0 Å². The highest BCUT2D eigenvalue weighted by atomic mass is 19.4. The standard InChI is InChI=1S/C16H15F6N5O/c17-15(18,19)11-1-2-13(23-9-11)25-5-7-26(8-6-25)14(28)10-27-4-3-12(24-27)16(20,21)22/h1-4,9H,5-8,10H2. The van der Waals surface area contributed by atoms with Crippen molar-refractivity contribution in [3.8, 4) is 0 Å². The average molecular weight is 407 g/mol. The lowest BCUT2D eigenvalue weighted by molar-refractivity contribution is -0.142. The molecule has 28 heavy (non-hydrogen) atoms. The summed E-state index contributed by atoms with van der Waals surface area (Å²) in [7, 11) is 0. The summed E-state index contributed by atoms with van der Waals surface area (Å²) >= 11 is 0. The minimum absolute atomic E-state index is 0.273. The molecule has 0 unspecified atom stereocenters. The molecule has 3 rings (SSSR count). The van der Waals surface area contributed by atoms with Crippen LogP contribution < -0.4 is 4.90 Å². The number of pyridine rings is 1. The van der Waals surface area contributed by atoms with E-state index >= 15 is 0 Å². The summed E-state index contributed by atoms with van der Waals surface area (Å²) in [5.41, 5.74) is -1.92. The molecule has 2 aromatic rings. The van der Waals surface area contributed by atoms with Crippen LogP contribution in [0.3, 0.4) is 0 Å². The third kappa shape index (κ3) is 4.54. The number of aromatic nitrogens is 3. The summed E-state index contributed by atoms with van der Waals surface area (Å²) in [6.07, 6.45) is -7.20. The highest BCUT2D eigenvalue weighted by Crippen LogP contribution is 2.29. The zero-order chi connectivity index (χ0) is 20.5. The van der Waals surface area contributed by atoms with Crippen LogP contribution in [0.4, 0.5) is 32.2 Å². The lowest BCUT2D eigenvalue weighted by Crippen LogP contribution is -2.49. The normalized spacial score (nSPS) is 15.8. The maximum absolute atomic E-state index is 12.6. The molecule has 3 heterocycles. The summed E-state index contributed by atoms with van der Waals surface area (Å²) in [6.45, 7) is 0.909. The van der Waals surface area contributed by atoms with Gasteiger partial charge in [0.25, 0.3) is 0 Å². The first-order valence-electron chi connectivity index (χ1n) is 8.20. The molecule has 6 nitrogen and oxygen atoms in total. The van der Waals surface area contributed by atoms with Crippen molar-refractivity contribution in [2.75, 3.05) is 31.1 Å². The lowest BCUT2D eigenvalue weighted by Gasteiger charge is -2.35. The van der Waals surface area contributed by atoms with Crippen molar-refractivity contribution in [2.45, 2.75) is 18.9 Å². The molecule has 1 fully saturated rings. The minimum atomic E-state index is -4.57. The Morgan fingerprint density at radius 3 is 2.14 bits per heavy atom. The number of carbonyl (C=O) groups excluding carboxylic acids is 1. The Kier molecular flexibility index (Phi) is 5.22. The van der Waals surface area contributed by atoms with E-state index in [0.29, 0.717) is 18.9 Å². The van der Waals surface area contributed by atoms with Crippen molar-refractivity contribution in [2.24, 2.45) is 0 Å². The number of hydrogen-bond donors (Lipinski definition) is 0. The fraction of sp³-hybridized carbons (Fsp3) is 0.438. The van der Waals surface area contributed by atoms with Crippen molar-refractivity contribution in [3.63, 3.8) is 0 Å². The van der Waals surface area contributed by atoms with E-state index in [-0.39, 0.29) is 19.6 Å². The Bertz CT molecular complexity index is 821. The van der Waals surface area contributed by atoms with Gasteiger partial charge in [0, 0.05) is 38.6 Å². The highest BCUT2D eigenvalue weighted by molar-refractivity contribution is 5.76. The Morgan fingerprint density at radius 1 is 0.964 bits per heavy atom. The number of halogens is 6. The van der Waals surface area contributed by atoms with E-state index in [9.17, 15) is 31.1 Å². The van der Waals surface area contributed by atoms with Gasteiger partial charge in [-0.25, -0.2) is 4.98 Å². The third-order valence-electron chi connectivity index (χ3n) is 4.26. The first-order valence-corrected chi connectivity index (χ1v) is 8.20. The summed E-state index contributed by atoms with van der Waals surface area (Å²) < 4.78 is 76.3. The van der Waals surface area contributed by atoms with E-state index < -0.39 is 29.5 Å². The van der Waals surface area contributed by atoms with Crippen molar-refractivity contribution in [1.29, 1.82) is 0 Å². The Hall–Kier alpha value is -2.79. The van der Waals surface area contributed by atoms with Crippen LogP contribution in [0.2, 0.25) is 0 Å². The van der Waals surface area contributed by atoms with Gasteiger partial charge in [0.2, 0.25) is 5.91 Å². The zero-order valence-corrected chi connectivity index (χ0v) is 14.3. The molecule has 0 atom stereocenters. The van der Waals surface area contributed by atoms with Gasteiger partial charge in [-0.1, -0.05) is 0 Å². The number of nitrogens with zero attached hydrogens (tertiary/aromatic N) is 5. The van der Waals surface area contributed by atoms with Gasteiger partial charge in [0.1, 0.15) is 12.4 Å². The smallest absolute Gasteiger partial charge is 0.353 e. The lowest BCUT2D eigenvalue weighted by atomic mass is 10.2. The molecule has 1 amide bonds. The van der Waals surface area contributed by atoms with Crippen LogP contribution in [0.5, 0.6) is 0 Å². The van der Waals surface area contributed by atoms with Gasteiger partial charge in [0.15, 0.2) is 5.69 Å². The van der Waals surface area contributed by atoms with Crippen LogP contribution in [-0.2, 0) is 23.7 Å². The molecular formula is C16H15F6N5O. The van der Waals surface area contributed by atoms with E-state index in [1.54, 1.807) is 4.90 Å². The van der Waals surface area contributed by atoms with Crippen LogP contribution in [0.1, 0.15) is 11.3 Å². The van der Waals surface area contributed by atoms with Gasteiger partial charge < -0.3 is 9.80 Å². The summed E-state index contributed by atoms with van der Waals surface area (Å²) in [5, 5.41) is 3.34. The maximum atomic E-state index is 12.6. The molecule has 12 heteroatoms. The molecule has 1 saturated heterocycles. The van der Waals surface area contributed by atoms with Crippen molar-refractivity contribution < 1.29 is 31.1 Å². The average Bonchev–Trinajstić information content (AvgIpc) is 3.10. The largest absolute Gasteiger partial charge is 0.435 e. The molecule has 0 saturated carbocycles. The summed E-state index contributed by atoms with van der Waals surface area (Å²) in [5.74, 6) is -0.0288. The fourth-order valence-electron chi connectivity index (χ4n) is 2.77. The van der Waals surface area contributed by atoms with Crippen LogP contribution in [0, 0.1) is 0 Å². The monoisotopic (exact) mass is 407 g/mol. The van der Waals surface area contributed by atoms with Crippen molar-refractivity contribution in [1.82, 2.24) is 19.7 Å². The molecule has 0 bridgehead atoms. The van der Waals surface area contributed by atoms with Gasteiger partial charge in [-0.05, 0) is 18.2 Å². The molecule has 0 aliphatic carbocycles. The van der Waals surface area contributed by atoms with E-state index in [1.807, 2.05) is 0 Å². The second kappa shape index (κ2) is 7.32. The number of amides is 1. The Balaban J connectivity index is 1.55. The van der Waals surface area contributed by atoms with Gasteiger partial charge in [-0.3, -0.25) is 9.48 Å². The Labute approximate surface area is 155 Å². The molecule has 0 aromatic carbocycles. The molecule has 2 aromatic heterocycles. The summed E-state index contributed by atoms with van der Waals surface area (Å²) in [6, 6.07) is 3.00. The first-order chi connectivity index (χ1) is 13.0. The molecule has 1 aliphatic heterocycles. The Morgan fingerprint density at radius 2 is 1.64 bits per heavy atom. The highest BCUT2D eigenvalue weighted by Gasteiger charge is 2.34. The van der Waals surface area contributed by atoms with Crippen LogP contribution in [0.15, 0.2) is 30.6 Å². The first kappa shape index (κ1) is 20.0. The van der Waals surface area contributed by atoms with E-state index in [4.69, 9.17) is 0 Å². The fourth-order valence-corrected chi connectivity index (χ4v) is 2.77. The van der Waals surface area contributed by atoms with E-state index in [2.05, 4.69) is 10.1 Å². The second-order valence-corrected chi connectivity index (χ2v) is 6.17. The van der Waals surface area contributed by atoms with Gasteiger partial charge in [-0.15, -0.1) is 0 Å². The topological polar surface area (TPSA) is 54.3 Å². The van der Waals surface area contributed by atoms with Gasteiger partial charge >= 0.3 is 12.4 Å². The van der Waals surface area contributed by atoms with Crippen molar-refractivity contribution in [3.05, 3.63) is 41.9 Å². The number of anilines is 1. The molecule has 0 N–H and O–H groups in total. The van der Waals surface area contributed by atoms with Crippen molar-refractivity contribution >= 4 is 11.7 Å². The quantitative estimate of drug-likeness (QED) is 0.735. The number of carbonyl (C=O) groups is 1. The number of hydrogen-bond acceptors (Lipinski definition) is 4. The molecule has 152 valence electrons. The van der Waals surface area contributed by atoms with E-state index in [0.717, 1.165) is 29.2 Å². The van der Waals surface area contributed by atoms with Crippen LogP contribution in [-0.4, -0.2) is 51.8 Å². The number of alkyl halides is 6. The third-order valence-corrected chi connectivity index (χ3v) is 4.26. The maximum Gasteiger partial charge on any atom is 0.435 e. The zero-order valence-electron chi connectivity index (χ0n) is 14.3. The van der Waals surface area contributed by atoms with Gasteiger partial charge in [-0.2, -0.15) is 31.4 Å². The summed E-state index contributed by atoms with van der Waals surface area (Å²) in [4.78, 5) is 19.3.